The van der Waals surface area contributed by atoms with E-state index in [0.29, 0.717) is 19.8 Å². The number of benzene rings is 2. The molecule has 1 unspecified atom stereocenters. The van der Waals surface area contributed by atoms with Crippen LogP contribution in [0.4, 0.5) is 10.1 Å². The minimum atomic E-state index is -2.39. The molecule has 2 aromatic rings. The van der Waals surface area contributed by atoms with Gasteiger partial charge in [0, 0.05) is 50.1 Å². The van der Waals surface area contributed by atoms with Gasteiger partial charge in [0.2, 0.25) is 17.4 Å². The molecule has 0 aromatic heterocycles. The van der Waals surface area contributed by atoms with E-state index in [1.807, 2.05) is 19.2 Å². The normalized spacial score (nSPS) is 21.0. The van der Waals surface area contributed by atoms with Crippen LogP contribution in [0.25, 0.3) is 0 Å². The van der Waals surface area contributed by atoms with Gasteiger partial charge < -0.3 is 30.5 Å². The Morgan fingerprint density at radius 3 is 2.42 bits per heavy atom. The zero-order valence-corrected chi connectivity index (χ0v) is 22.3. The van der Waals surface area contributed by atoms with Crippen LogP contribution in [-0.2, 0) is 34.0 Å². The average Bonchev–Trinajstić information content (AvgIpc) is 3.30. The summed E-state index contributed by atoms with van der Waals surface area (Å²) >= 11 is 0. The predicted molar refractivity (Wildman–Crippen MR) is 140 cm³/mol. The Hall–Kier alpha value is -3.94. The molecule has 12 nitrogen and oxygen atoms in total. The molecule has 216 valence electrons. The van der Waals surface area contributed by atoms with Gasteiger partial charge in [-0.05, 0) is 11.6 Å². The minimum absolute atomic E-state index is 0.00901. The predicted octanol–water partition coefficient (Wildman–Crippen LogP) is 1.49. The summed E-state index contributed by atoms with van der Waals surface area (Å²) in [6.45, 7) is 6.73. The number of amides is 3. The van der Waals surface area contributed by atoms with Crippen molar-refractivity contribution in [3.05, 3.63) is 46.3 Å². The lowest BCUT2D eigenvalue weighted by Gasteiger charge is -2.37. The molecule has 2 aromatic carbocycles. The summed E-state index contributed by atoms with van der Waals surface area (Å²) in [5, 5.41) is 47.0. The van der Waals surface area contributed by atoms with Crippen LogP contribution in [0.2, 0.25) is 0 Å². The van der Waals surface area contributed by atoms with Crippen molar-refractivity contribution >= 4 is 23.4 Å². The molecule has 3 aliphatic rings. The number of anilines is 1. The fourth-order valence-corrected chi connectivity index (χ4v) is 4.98. The number of hydrogen-bond donors (Lipinski definition) is 6. The van der Waals surface area contributed by atoms with Crippen LogP contribution in [-0.4, -0.2) is 80.0 Å². The number of piperidine rings is 1. The number of aromatic hydroxyl groups is 3. The Kier molecular flexibility index (Phi) is 8.47. The van der Waals surface area contributed by atoms with Gasteiger partial charge in [-0.25, -0.2) is 4.39 Å². The number of rotatable bonds is 6. The molecule has 0 bridgehead atoms. The van der Waals surface area contributed by atoms with Crippen molar-refractivity contribution in [2.45, 2.75) is 52.0 Å². The third kappa shape index (κ3) is 5.27. The van der Waals surface area contributed by atoms with Crippen LogP contribution < -0.4 is 10.6 Å². The van der Waals surface area contributed by atoms with E-state index < -0.39 is 58.6 Å². The Labute approximate surface area is 230 Å². The fraction of sp³-hybridized carbons (Fsp3) is 0.444. The van der Waals surface area contributed by atoms with Crippen LogP contribution in [0.5, 0.6) is 17.2 Å². The van der Waals surface area contributed by atoms with Gasteiger partial charge >= 0.3 is 0 Å². The Balaban J connectivity index is 0.00000181. The Bertz CT molecular complexity index is 1330. The van der Waals surface area contributed by atoms with E-state index >= 15 is 0 Å². The Morgan fingerprint density at radius 2 is 1.77 bits per heavy atom. The SMILES string of the molecule is CC.O=C1CCC(O)(N2Cc3c(NCc4ccc(CN5CCOCC5)cc4F)c(O)c(O)c(O)c3C2=O)C(=O)N1. The van der Waals surface area contributed by atoms with Gasteiger partial charge in [0.05, 0.1) is 31.0 Å². The first-order valence-corrected chi connectivity index (χ1v) is 13.1. The van der Waals surface area contributed by atoms with Gasteiger partial charge in [-0.2, -0.15) is 0 Å². The number of carbonyl (C=O) groups excluding carboxylic acids is 3. The molecule has 3 heterocycles. The van der Waals surface area contributed by atoms with Gasteiger partial charge in [-0.3, -0.25) is 29.5 Å². The van der Waals surface area contributed by atoms with E-state index in [0.717, 1.165) is 23.6 Å². The second-order valence-electron chi connectivity index (χ2n) is 9.53. The second-order valence-corrected chi connectivity index (χ2v) is 9.53. The number of phenolic OH excluding ortho intramolecular Hbond substituents is 3. The molecule has 40 heavy (non-hydrogen) atoms. The number of morpholine rings is 1. The summed E-state index contributed by atoms with van der Waals surface area (Å²) in [4.78, 5) is 40.0. The molecule has 3 aliphatic heterocycles. The molecule has 0 saturated carbocycles. The third-order valence-electron chi connectivity index (χ3n) is 7.15. The lowest BCUT2D eigenvalue weighted by molar-refractivity contribution is -0.167. The van der Waals surface area contributed by atoms with E-state index in [1.54, 1.807) is 12.1 Å². The number of hydrogen-bond acceptors (Lipinski definition) is 10. The van der Waals surface area contributed by atoms with E-state index in [-0.39, 0.29) is 36.2 Å². The van der Waals surface area contributed by atoms with Gasteiger partial charge in [-0.1, -0.05) is 26.0 Å². The number of imide groups is 1. The molecule has 6 N–H and O–H groups in total. The molecule has 2 fully saturated rings. The fourth-order valence-electron chi connectivity index (χ4n) is 4.98. The molecule has 13 heteroatoms. The quantitative estimate of drug-likeness (QED) is 0.173. The van der Waals surface area contributed by atoms with Crippen LogP contribution in [0.15, 0.2) is 18.2 Å². The molecule has 2 saturated heterocycles. The second kappa shape index (κ2) is 11.7. The van der Waals surface area contributed by atoms with Crippen molar-refractivity contribution < 1.29 is 43.9 Å². The molecule has 0 spiro atoms. The van der Waals surface area contributed by atoms with E-state index in [4.69, 9.17) is 4.74 Å². The Morgan fingerprint density at radius 1 is 1.07 bits per heavy atom. The van der Waals surface area contributed by atoms with Crippen LogP contribution in [0, 0.1) is 5.82 Å². The van der Waals surface area contributed by atoms with Crippen LogP contribution >= 0.6 is 0 Å². The molecule has 3 amide bonds. The summed E-state index contributed by atoms with van der Waals surface area (Å²) in [5.41, 5.74) is -1.98. The van der Waals surface area contributed by atoms with Gasteiger partial charge in [0.25, 0.3) is 11.8 Å². The number of halogens is 1. The maximum absolute atomic E-state index is 14.9. The number of ether oxygens (including phenoxy) is 1. The number of phenols is 3. The van der Waals surface area contributed by atoms with Crippen molar-refractivity contribution in [2.24, 2.45) is 0 Å². The number of nitrogens with zero attached hydrogens (tertiary/aromatic N) is 2. The topological polar surface area (TPSA) is 172 Å². The van der Waals surface area contributed by atoms with E-state index in [1.165, 1.54) is 6.07 Å². The number of fused-ring (bicyclic) bond motifs is 1. The zero-order valence-electron chi connectivity index (χ0n) is 22.3. The molecule has 1 atom stereocenters. The largest absolute Gasteiger partial charge is 0.504 e. The molecule has 5 rings (SSSR count). The molecule has 0 aliphatic carbocycles. The third-order valence-corrected chi connectivity index (χ3v) is 7.15. The van der Waals surface area contributed by atoms with E-state index in [2.05, 4.69) is 10.2 Å². The summed E-state index contributed by atoms with van der Waals surface area (Å²) < 4.78 is 20.2. The molecular formula is C27H33FN4O8. The lowest BCUT2D eigenvalue weighted by Crippen LogP contribution is -2.63. The van der Waals surface area contributed by atoms with Crippen molar-refractivity contribution in [2.75, 3.05) is 31.6 Å². The highest BCUT2D eigenvalue weighted by Crippen LogP contribution is 2.50. The van der Waals surface area contributed by atoms with Gasteiger partial charge in [-0.15, -0.1) is 0 Å². The molecule has 0 radical (unpaired) electrons. The maximum Gasteiger partial charge on any atom is 0.279 e. The van der Waals surface area contributed by atoms with Crippen molar-refractivity contribution in [3.8, 4) is 17.2 Å². The number of nitrogens with one attached hydrogen (secondary N) is 2. The van der Waals surface area contributed by atoms with Crippen LogP contribution in [0.1, 0.15) is 53.7 Å². The maximum atomic E-state index is 14.9. The molecular weight excluding hydrogens is 527 g/mol. The first-order chi connectivity index (χ1) is 19.1. The average molecular weight is 561 g/mol. The number of aliphatic hydroxyl groups is 1. The first kappa shape index (κ1) is 29.1. The van der Waals surface area contributed by atoms with Crippen molar-refractivity contribution in [1.82, 2.24) is 15.1 Å². The summed E-state index contributed by atoms with van der Waals surface area (Å²) in [6, 6.07) is 4.77. The zero-order chi connectivity index (χ0) is 29.2. The van der Waals surface area contributed by atoms with E-state index in [9.17, 15) is 39.2 Å². The smallest absolute Gasteiger partial charge is 0.279 e. The highest BCUT2D eigenvalue weighted by Gasteiger charge is 2.52. The summed E-state index contributed by atoms with van der Waals surface area (Å²) in [6.07, 6.45) is -0.600. The van der Waals surface area contributed by atoms with Gasteiger partial charge in [0.1, 0.15) is 5.82 Å². The first-order valence-electron chi connectivity index (χ1n) is 13.1. The summed E-state index contributed by atoms with van der Waals surface area (Å²) in [5.74, 6) is -5.89. The lowest BCUT2D eigenvalue weighted by atomic mass is 10.00. The van der Waals surface area contributed by atoms with Crippen molar-refractivity contribution in [3.63, 3.8) is 0 Å². The monoisotopic (exact) mass is 560 g/mol. The number of carbonyl (C=O) groups is 3. The summed E-state index contributed by atoms with van der Waals surface area (Å²) in [7, 11) is 0. The minimum Gasteiger partial charge on any atom is -0.504 e. The van der Waals surface area contributed by atoms with Crippen molar-refractivity contribution in [1.29, 1.82) is 0 Å². The standard InChI is InChI=1S/C25H27FN4O8.C2H6/c26-16-9-13(11-29-5-7-38-8-6-29)1-2-14(16)10-27-19-15-12-30(25(37)4-3-17(31)28-24(25)36)23(35)18(15)20(32)22(34)21(19)33;1-2/h1-2,9,27,32-34,37H,3-8,10-12H2,(H,28,31,36);1-2H3. The highest BCUT2D eigenvalue weighted by molar-refractivity contribution is 6.09. The van der Waals surface area contributed by atoms with Crippen LogP contribution in [0.3, 0.4) is 0 Å². The highest BCUT2D eigenvalue weighted by atomic mass is 19.1. The van der Waals surface area contributed by atoms with Gasteiger partial charge in [0.15, 0.2) is 11.5 Å².